The third-order valence-electron chi connectivity index (χ3n) is 4.57. The van der Waals surface area contributed by atoms with Gasteiger partial charge in [-0.3, -0.25) is 4.90 Å². The molecule has 0 unspecified atom stereocenters. The summed E-state index contributed by atoms with van der Waals surface area (Å²) in [5, 5.41) is 0.511. The number of thiophene rings is 1. The molecule has 0 amide bonds. The second-order valence-corrected chi connectivity index (χ2v) is 7.34. The van der Waals surface area contributed by atoms with Gasteiger partial charge >= 0.3 is 5.97 Å². The number of nitrogens with zero attached hydrogens (tertiary/aromatic N) is 1. The lowest BCUT2D eigenvalue weighted by Crippen LogP contribution is -2.28. The highest BCUT2D eigenvalue weighted by Gasteiger charge is 2.25. The fraction of sp³-hybridized carbons (Fsp3) is 0.421. The van der Waals surface area contributed by atoms with Crippen molar-refractivity contribution in [1.29, 1.82) is 0 Å². The van der Waals surface area contributed by atoms with Gasteiger partial charge in [-0.25, -0.2) is 4.79 Å². The Kier molecular flexibility index (Phi) is 5.60. The molecule has 5 nitrogen and oxygen atoms in total. The van der Waals surface area contributed by atoms with Gasteiger partial charge in [-0.2, -0.15) is 0 Å². The van der Waals surface area contributed by atoms with Crippen molar-refractivity contribution in [3.8, 4) is 16.9 Å². The summed E-state index contributed by atoms with van der Waals surface area (Å²) in [6.07, 6.45) is 3.73. The first kappa shape index (κ1) is 17.8. The summed E-state index contributed by atoms with van der Waals surface area (Å²) in [6.45, 7) is 2.98. The summed E-state index contributed by atoms with van der Waals surface area (Å²) in [7, 11) is 3.02. The van der Waals surface area contributed by atoms with Crippen molar-refractivity contribution in [2.75, 3.05) is 33.0 Å². The van der Waals surface area contributed by atoms with Crippen LogP contribution in [0, 0.1) is 0 Å². The van der Waals surface area contributed by atoms with E-state index in [9.17, 15) is 4.79 Å². The number of anilines is 1. The van der Waals surface area contributed by atoms with Gasteiger partial charge in [0, 0.05) is 17.0 Å². The molecule has 134 valence electrons. The third-order valence-corrected chi connectivity index (χ3v) is 5.58. The topological polar surface area (TPSA) is 64.8 Å². The van der Waals surface area contributed by atoms with E-state index in [-0.39, 0.29) is 0 Å². The highest BCUT2D eigenvalue weighted by molar-refractivity contribution is 7.17. The molecule has 0 bridgehead atoms. The van der Waals surface area contributed by atoms with Gasteiger partial charge in [0.1, 0.15) is 16.3 Å². The molecule has 0 aliphatic carbocycles. The number of benzene rings is 1. The van der Waals surface area contributed by atoms with Crippen LogP contribution in [0.15, 0.2) is 24.3 Å². The van der Waals surface area contributed by atoms with Gasteiger partial charge in [-0.05, 0) is 43.6 Å². The molecule has 3 rings (SSSR count). The maximum absolute atomic E-state index is 12.3. The van der Waals surface area contributed by atoms with Crippen molar-refractivity contribution >= 4 is 22.3 Å². The Labute approximate surface area is 152 Å². The molecular formula is C19H24N2O3S. The van der Waals surface area contributed by atoms with Crippen LogP contribution in [0.25, 0.3) is 11.1 Å². The Morgan fingerprint density at radius 2 is 2.00 bits per heavy atom. The number of rotatable bonds is 5. The zero-order chi connectivity index (χ0) is 17.8. The molecule has 0 saturated carbocycles. The lowest BCUT2D eigenvalue weighted by Gasteiger charge is -2.26. The maximum atomic E-state index is 12.3. The summed E-state index contributed by atoms with van der Waals surface area (Å²) in [5.41, 5.74) is 8.47. The molecule has 0 radical (unpaired) electrons. The van der Waals surface area contributed by atoms with Crippen LogP contribution in [-0.2, 0) is 11.3 Å². The fourth-order valence-electron chi connectivity index (χ4n) is 3.32. The number of piperidine rings is 1. The zero-order valence-electron chi connectivity index (χ0n) is 14.7. The molecule has 1 aliphatic heterocycles. The Morgan fingerprint density at radius 3 is 2.68 bits per heavy atom. The summed E-state index contributed by atoms with van der Waals surface area (Å²) < 4.78 is 10.3. The number of hydrogen-bond acceptors (Lipinski definition) is 6. The molecule has 1 fully saturated rings. The Hall–Kier alpha value is -2.05. The average Bonchev–Trinajstić information content (AvgIpc) is 2.97. The van der Waals surface area contributed by atoms with E-state index in [0.29, 0.717) is 10.6 Å². The van der Waals surface area contributed by atoms with Crippen LogP contribution >= 0.6 is 11.3 Å². The average molecular weight is 360 g/mol. The van der Waals surface area contributed by atoms with Crippen molar-refractivity contribution < 1.29 is 14.3 Å². The molecule has 2 aromatic rings. The third kappa shape index (κ3) is 3.80. The first-order chi connectivity index (χ1) is 12.1. The SMILES string of the molecule is COC(=O)c1c(N)sc(CN2CCCCC2)c1-c1cccc(OC)c1. The van der Waals surface area contributed by atoms with Crippen LogP contribution in [0.3, 0.4) is 0 Å². The molecule has 2 heterocycles. The van der Waals surface area contributed by atoms with Crippen LogP contribution in [0.5, 0.6) is 5.75 Å². The Balaban J connectivity index is 2.06. The van der Waals surface area contributed by atoms with Gasteiger partial charge in [0.2, 0.25) is 0 Å². The second-order valence-electron chi connectivity index (χ2n) is 6.20. The predicted molar refractivity (Wildman–Crippen MR) is 101 cm³/mol. The number of nitrogen functional groups attached to an aromatic ring is 1. The van der Waals surface area contributed by atoms with Crippen molar-refractivity contribution in [3.05, 3.63) is 34.7 Å². The predicted octanol–water partition coefficient (Wildman–Crippen LogP) is 3.78. The first-order valence-electron chi connectivity index (χ1n) is 8.50. The molecule has 1 aromatic carbocycles. The molecule has 1 aromatic heterocycles. The molecule has 6 heteroatoms. The zero-order valence-corrected chi connectivity index (χ0v) is 15.5. The van der Waals surface area contributed by atoms with E-state index in [0.717, 1.165) is 41.4 Å². The smallest absolute Gasteiger partial charge is 0.341 e. The fourth-order valence-corrected chi connectivity index (χ4v) is 4.44. The summed E-state index contributed by atoms with van der Waals surface area (Å²) in [6, 6.07) is 7.74. The van der Waals surface area contributed by atoms with E-state index >= 15 is 0 Å². The molecule has 2 N–H and O–H groups in total. The van der Waals surface area contributed by atoms with Crippen molar-refractivity contribution in [2.24, 2.45) is 0 Å². The van der Waals surface area contributed by atoms with Crippen LogP contribution in [0.1, 0.15) is 34.5 Å². The van der Waals surface area contributed by atoms with E-state index in [1.807, 2.05) is 24.3 Å². The van der Waals surface area contributed by atoms with Gasteiger partial charge in [0.05, 0.1) is 14.2 Å². The number of carbonyl (C=O) groups is 1. The molecule has 1 saturated heterocycles. The quantitative estimate of drug-likeness (QED) is 0.822. The number of nitrogens with two attached hydrogens (primary N) is 1. The number of likely N-dealkylation sites (tertiary alicyclic amines) is 1. The molecular weight excluding hydrogens is 336 g/mol. The van der Waals surface area contributed by atoms with Gasteiger partial charge in [0.25, 0.3) is 0 Å². The van der Waals surface area contributed by atoms with Gasteiger partial charge in [-0.15, -0.1) is 11.3 Å². The molecule has 0 spiro atoms. The highest BCUT2D eigenvalue weighted by Crippen LogP contribution is 2.41. The highest BCUT2D eigenvalue weighted by atomic mass is 32.1. The molecule has 1 aliphatic rings. The first-order valence-corrected chi connectivity index (χ1v) is 9.32. The number of ether oxygens (including phenoxy) is 2. The lowest BCUT2D eigenvalue weighted by atomic mass is 10.00. The van der Waals surface area contributed by atoms with Crippen LogP contribution < -0.4 is 10.5 Å². The number of hydrogen-bond donors (Lipinski definition) is 1. The Morgan fingerprint density at radius 1 is 1.24 bits per heavy atom. The second kappa shape index (κ2) is 7.89. The Bertz CT molecular complexity index is 751. The minimum Gasteiger partial charge on any atom is -0.497 e. The van der Waals surface area contributed by atoms with Crippen molar-refractivity contribution in [1.82, 2.24) is 4.90 Å². The molecule has 0 atom stereocenters. The normalized spacial score (nSPS) is 15.1. The molecule has 25 heavy (non-hydrogen) atoms. The van der Waals surface area contributed by atoms with Gasteiger partial charge in [-0.1, -0.05) is 18.6 Å². The standard InChI is InChI=1S/C19H24N2O3S/c1-23-14-8-6-7-13(11-14)16-15(12-21-9-4-3-5-10-21)25-18(20)17(16)19(22)24-2/h6-8,11H,3-5,9-10,12,20H2,1-2H3. The van der Waals surface area contributed by atoms with E-state index in [4.69, 9.17) is 15.2 Å². The number of carbonyl (C=O) groups excluding carboxylic acids is 1. The van der Waals surface area contributed by atoms with E-state index in [1.54, 1.807) is 7.11 Å². The monoisotopic (exact) mass is 360 g/mol. The van der Waals surface area contributed by atoms with E-state index in [1.165, 1.54) is 37.7 Å². The van der Waals surface area contributed by atoms with Crippen LogP contribution in [0.2, 0.25) is 0 Å². The van der Waals surface area contributed by atoms with Crippen LogP contribution in [-0.4, -0.2) is 38.2 Å². The van der Waals surface area contributed by atoms with Gasteiger partial charge in [0.15, 0.2) is 0 Å². The maximum Gasteiger partial charge on any atom is 0.341 e. The lowest BCUT2D eigenvalue weighted by molar-refractivity contribution is 0.0603. The minimum atomic E-state index is -0.392. The summed E-state index contributed by atoms with van der Waals surface area (Å²) >= 11 is 1.48. The van der Waals surface area contributed by atoms with Gasteiger partial charge < -0.3 is 15.2 Å². The minimum absolute atomic E-state index is 0.392. The number of methoxy groups -OCH3 is 2. The van der Waals surface area contributed by atoms with Crippen molar-refractivity contribution in [2.45, 2.75) is 25.8 Å². The van der Waals surface area contributed by atoms with E-state index in [2.05, 4.69) is 4.90 Å². The van der Waals surface area contributed by atoms with Crippen LogP contribution in [0.4, 0.5) is 5.00 Å². The van der Waals surface area contributed by atoms with E-state index < -0.39 is 5.97 Å². The summed E-state index contributed by atoms with van der Waals surface area (Å²) in [4.78, 5) is 15.9. The largest absolute Gasteiger partial charge is 0.497 e. The van der Waals surface area contributed by atoms with Crippen molar-refractivity contribution in [3.63, 3.8) is 0 Å². The number of esters is 1. The summed E-state index contributed by atoms with van der Waals surface area (Å²) in [5.74, 6) is 0.360.